The molecule has 0 aromatic carbocycles. The van der Waals surface area contributed by atoms with Crippen LogP contribution >= 0.6 is 0 Å². The van der Waals surface area contributed by atoms with Gasteiger partial charge in [0.15, 0.2) is 0 Å². The van der Waals surface area contributed by atoms with Crippen molar-refractivity contribution in [2.75, 3.05) is 23.7 Å². The number of nitrogens with zero attached hydrogens (tertiary/aromatic N) is 3. The number of aryl methyl sites for hydroxylation is 1. The molecule has 0 bridgehead atoms. The maximum absolute atomic E-state index is 11.7. The largest absolute Gasteiger partial charge is 0.489 e. The molecule has 3 N–H and O–H groups in total. The van der Waals surface area contributed by atoms with Crippen molar-refractivity contribution in [3.05, 3.63) is 41.2 Å². The van der Waals surface area contributed by atoms with E-state index < -0.39 is 0 Å². The molecule has 7 nitrogen and oxygen atoms in total. The summed E-state index contributed by atoms with van der Waals surface area (Å²) >= 11 is 0. The molecule has 1 amide bonds. The molecule has 2 aromatic heterocycles. The number of ether oxygens (including phenoxy) is 1. The molecule has 2 aliphatic rings. The van der Waals surface area contributed by atoms with E-state index >= 15 is 0 Å². The van der Waals surface area contributed by atoms with E-state index in [9.17, 15) is 4.79 Å². The summed E-state index contributed by atoms with van der Waals surface area (Å²) in [6.07, 6.45) is 3.66. The van der Waals surface area contributed by atoms with E-state index in [1.165, 1.54) is 0 Å². The smallest absolute Gasteiger partial charge is 0.253 e. The standard InChI is InChI=1S/C18H21N5O2/c1-11-8-14-15(10-21-18(14)24)22-17(11)23-6-4-12(5-7-23)25-13-2-3-16(19)20-9-13/h2-3,8-9,12H,4-7,10H2,1H3,(H2,19,20)(H,21,24). The number of fused-ring (bicyclic) bond motifs is 1. The summed E-state index contributed by atoms with van der Waals surface area (Å²) in [5.41, 5.74) is 8.19. The van der Waals surface area contributed by atoms with Crippen LogP contribution in [0.4, 0.5) is 11.6 Å². The molecular formula is C18H21N5O2. The van der Waals surface area contributed by atoms with Crippen molar-refractivity contribution >= 4 is 17.5 Å². The van der Waals surface area contributed by atoms with Crippen molar-refractivity contribution in [3.8, 4) is 5.75 Å². The van der Waals surface area contributed by atoms with E-state index in [2.05, 4.69) is 15.2 Å². The molecule has 0 unspecified atom stereocenters. The maximum atomic E-state index is 11.7. The van der Waals surface area contributed by atoms with Gasteiger partial charge >= 0.3 is 0 Å². The number of carbonyl (C=O) groups is 1. The van der Waals surface area contributed by atoms with Crippen molar-refractivity contribution in [1.29, 1.82) is 0 Å². The van der Waals surface area contributed by atoms with E-state index in [0.717, 1.165) is 48.8 Å². The fraction of sp³-hybridized carbons (Fsp3) is 0.389. The lowest BCUT2D eigenvalue weighted by atomic mass is 10.1. The molecule has 2 aliphatic heterocycles. The second-order valence-corrected chi connectivity index (χ2v) is 6.53. The zero-order chi connectivity index (χ0) is 17.4. The summed E-state index contributed by atoms with van der Waals surface area (Å²) in [4.78, 5) is 22.8. The minimum absolute atomic E-state index is 0.0265. The average Bonchev–Trinajstić information content (AvgIpc) is 2.97. The van der Waals surface area contributed by atoms with Crippen molar-refractivity contribution in [1.82, 2.24) is 15.3 Å². The highest BCUT2D eigenvalue weighted by molar-refractivity contribution is 5.98. The van der Waals surface area contributed by atoms with Crippen LogP contribution in [0.15, 0.2) is 24.4 Å². The molecule has 0 saturated carbocycles. The number of amides is 1. The number of nitrogens with one attached hydrogen (secondary N) is 1. The molecule has 130 valence electrons. The summed E-state index contributed by atoms with van der Waals surface area (Å²) in [7, 11) is 0. The first kappa shape index (κ1) is 15.7. The van der Waals surface area contributed by atoms with Crippen LogP contribution in [-0.4, -0.2) is 35.1 Å². The molecule has 0 spiro atoms. The molecular weight excluding hydrogens is 318 g/mol. The highest BCUT2D eigenvalue weighted by atomic mass is 16.5. The van der Waals surface area contributed by atoms with E-state index in [4.69, 9.17) is 15.5 Å². The lowest BCUT2D eigenvalue weighted by Gasteiger charge is -2.33. The number of anilines is 2. The lowest BCUT2D eigenvalue weighted by Crippen LogP contribution is -2.39. The molecule has 1 saturated heterocycles. The first-order chi connectivity index (χ1) is 12.1. The second kappa shape index (κ2) is 6.23. The molecule has 25 heavy (non-hydrogen) atoms. The van der Waals surface area contributed by atoms with E-state index in [-0.39, 0.29) is 12.0 Å². The predicted molar refractivity (Wildman–Crippen MR) is 94.7 cm³/mol. The molecule has 1 fully saturated rings. The highest BCUT2D eigenvalue weighted by Gasteiger charge is 2.26. The van der Waals surface area contributed by atoms with Gasteiger partial charge in [-0.2, -0.15) is 0 Å². The third-order valence-electron chi connectivity index (χ3n) is 4.73. The maximum Gasteiger partial charge on any atom is 0.253 e. The topological polar surface area (TPSA) is 93.4 Å². The molecule has 0 radical (unpaired) electrons. The monoisotopic (exact) mass is 339 g/mol. The van der Waals surface area contributed by atoms with Gasteiger partial charge in [0.1, 0.15) is 23.5 Å². The van der Waals surface area contributed by atoms with Gasteiger partial charge in [-0.3, -0.25) is 4.79 Å². The number of hydrogen-bond donors (Lipinski definition) is 2. The number of rotatable bonds is 3. The minimum Gasteiger partial charge on any atom is -0.489 e. The zero-order valence-electron chi connectivity index (χ0n) is 14.2. The Morgan fingerprint density at radius 3 is 2.84 bits per heavy atom. The van der Waals surface area contributed by atoms with Gasteiger partial charge < -0.3 is 20.7 Å². The molecule has 0 atom stereocenters. The van der Waals surface area contributed by atoms with E-state index in [0.29, 0.717) is 17.9 Å². The van der Waals surface area contributed by atoms with E-state index in [1.54, 1.807) is 12.3 Å². The third kappa shape index (κ3) is 3.09. The summed E-state index contributed by atoms with van der Waals surface area (Å²) < 4.78 is 5.99. The van der Waals surface area contributed by atoms with Gasteiger partial charge in [-0.1, -0.05) is 0 Å². The van der Waals surface area contributed by atoms with Crippen LogP contribution in [0, 0.1) is 6.92 Å². The van der Waals surface area contributed by atoms with Gasteiger partial charge in [-0.25, -0.2) is 9.97 Å². The number of nitrogens with two attached hydrogens (primary N) is 1. The Morgan fingerprint density at radius 1 is 1.32 bits per heavy atom. The van der Waals surface area contributed by atoms with Crippen LogP contribution in [0.25, 0.3) is 0 Å². The van der Waals surface area contributed by atoms with Crippen LogP contribution in [0.2, 0.25) is 0 Å². The first-order valence-corrected chi connectivity index (χ1v) is 8.52. The fourth-order valence-electron chi connectivity index (χ4n) is 3.39. The van der Waals surface area contributed by atoms with Gasteiger partial charge in [-0.15, -0.1) is 0 Å². The van der Waals surface area contributed by atoms with Gasteiger partial charge in [-0.05, 0) is 30.7 Å². The van der Waals surface area contributed by atoms with Crippen molar-refractivity contribution in [3.63, 3.8) is 0 Å². The van der Waals surface area contributed by atoms with Crippen LogP contribution < -0.4 is 20.7 Å². The lowest BCUT2D eigenvalue weighted by molar-refractivity contribution is 0.0965. The van der Waals surface area contributed by atoms with Crippen LogP contribution in [-0.2, 0) is 6.54 Å². The summed E-state index contributed by atoms with van der Waals surface area (Å²) in [5.74, 6) is 2.20. The SMILES string of the molecule is Cc1cc2c(nc1N1CCC(Oc3ccc(N)nc3)CC1)CNC2=O. The molecule has 7 heteroatoms. The number of nitrogen functional groups attached to an aromatic ring is 1. The van der Waals surface area contributed by atoms with Gasteiger partial charge in [0, 0.05) is 25.9 Å². The summed E-state index contributed by atoms with van der Waals surface area (Å²) in [5, 5.41) is 2.83. The molecule has 2 aromatic rings. The van der Waals surface area contributed by atoms with Crippen molar-refractivity contribution in [2.45, 2.75) is 32.4 Å². The summed E-state index contributed by atoms with van der Waals surface area (Å²) in [6, 6.07) is 5.55. The van der Waals surface area contributed by atoms with Crippen molar-refractivity contribution < 1.29 is 9.53 Å². The van der Waals surface area contributed by atoms with Gasteiger partial charge in [0.05, 0.1) is 24.0 Å². The normalized spacial score (nSPS) is 17.3. The van der Waals surface area contributed by atoms with Crippen LogP contribution in [0.3, 0.4) is 0 Å². The van der Waals surface area contributed by atoms with Gasteiger partial charge in [0.2, 0.25) is 0 Å². The number of pyridine rings is 2. The van der Waals surface area contributed by atoms with E-state index in [1.807, 2.05) is 19.1 Å². The quantitative estimate of drug-likeness (QED) is 0.883. The Balaban J connectivity index is 1.42. The predicted octanol–water partition coefficient (Wildman–Crippen LogP) is 1.66. The molecule has 0 aliphatic carbocycles. The zero-order valence-corrected chi connectivity index (χ0v) is 14.2. The molecule has 4 heterocycles. The Labute approximate surface area is 146 Å². The second-order valence-electron chi connectivity index (χ2n) is 6.53. The Kier molecular flexibility index (Phi) is 3.91. The Morgan fingerprint density at radius 2 is 2.12 bits per heavy atom. The first-order valence-electron chi connectivity index (χ1n) is 8.52. The third-order valence-corrected chi connectivity index (χ3v) is 4.73. The van der Waals surface area contributed by atoms with Crippen molar-refractivity contribution in [2.24, 2.45) is 0 Å². The number of carbonyl (C=O) groups excluding carboxylic acids is 1. The molecule has 4 rings (SSSR count). The number of hydrogen-bond acceptors (Lipinski definition) is 6. The van der Waals surface area contributed by atoms with Crippen LogP contribution in [0.5, 0.6) is 5.75 Å². The number of piperidine rings is 1. The fourth-order valence-corrected chi connectivity index (χ4v) is 3.39. The average molecular weight is 339 g/mol. The summed E-state index contributed by atoms with van der Waals surface area (Å²) in [6.45, 7) is 4.28. The highest BCUT2D eigenvalue weighted by Crippen LogP contribution is 2.27. The Bertz CT molecular complexity index is 798. The van der Waals surface area contributed by atoms with Crippen LogP contribution in [0.1, 0.15) is 34.5 Å². The Hall–Kier alpha value is -2.83. The number of aromatic nitrogens is 2. The van der Waals surface area contributed by atoms with Gasteiger partial charge in [0.25, 0.3) is 5.91 Å². The minimum atomic E-state index is -0.0265.